The van der Waals surface area contributed by atoms with Crippen molar-refractivity contribution in [2.24, 2.45) is 5.73 Å². The average Bonchev–Trinajstić information content (AvgIpc) is 2.22. The Bertz CT molecular complexity index is 134. The first-order valence-electron chi connectivity index (χ1n) is 4.96. The first kappa shape index (κ1) is 18.7. The molecular weight excluding hydrogens is 170 g/mol. The van der Waals surface area contributed by atoms with E-state index in [0.717, 1.165) is 6.42 Å². The monoisotopic (exact) mass is 195 g/mol. The molecule has 0 saturated heterocycles. The predicted octanol–water partition coefficient (Wildman–Crippen LogP) is 3.85. The second-order valence-electron chi connectivity index (χ2n) is 2.32. The minimum absolute atomic E-state index is 0.610. The fourth-order valence-electron chi connectivity index (χ4n) is 0.410. The van der Waals surface area contributed by atoms with Crippen LogP contribution in [-0.4, -0.2) is 6.54 Å². The van der Waals surface area contributed by atoms with E-state index in [0.29, 0.717) is 6.54 Å². The highest BCUT2D eigenvalue weighted by Crippen LogP contribution is 1.82. The summed E-state index contributed by atoms with van der Waals surface area (Å²) in [6.45, 7) is 14.4. The summed E-state index contributed by atoms with van der Waals surface area (Å²) < 4.78 is 0. The Labute approximate surface area is 89.7 Å². The van der Waals surface area contributed by atoms with Gasteiger partial charge in [-0.2, -0.15) is 0 Å². The fourth-order valence-corrected chi connectivity index (χ4v) is 0.410. The Morgan fingerprint density at radius 1 is 1.07 bits per heavy atom. The Balaban J connectivity index is -0.000000205. The smallest absolute Gasteiger partial charge is 0.0109 e. The van der Waals surface area contributed by atoms with E-state index in [4.69, 9.17) is 5.73 Å². The van der Waals surface area contributed by atoms with E-state index in [2.05, 4.69) is 33.6 Å². The molecule has 2 N–H and O–H groups in total. The van der Waals surface area contributed by atoms with Gasteiger partial charge in [0.2, 0.25) is 0 Å². The van der Waals surface area contributed by atoms with Crippen molar-refractivity contribution in [3.63, 3.8) is 0 Å². The highest BCUT2D eigenvalue weighted by atomic mass is 14.5. The molecule has 14 heavy (non-hydrogen) atoms. The van der Waals surface area contributed by atoms with Crippen LogP contribution in [0, 0.1) is 0 Å². The van der Waals surface area contributed by atoms with E-state index in [1.54, 1.807) is 0 Å². The zero-order valence-corrected chi connectivity index (χ0v) is 9.71. The Morgan fingerprint density at radius 3 is 1.86 bits per heavy atom. The minimum Gasteiger partial charge on any atom is -0.327 e. The van der Waals surface area contributed by atoms with Crippen molar-refractivity contribution >= 4 is 0 Å². The average molecular weight is 195 g/mol. The lowest BCUT2D eigenvalue weighted by molar-refractivity contribution is 1.09. The first-order chi connectivity index (χ1) is 6.83. The van der Waals surface area contributed by atoms with Crippen LogP contribution in [0.5, 0.6) is 0 Å². The third-order valence-corrected chi connectivity index (χ3v) is 0.822. The van der Waals surface area contributed by atoms with Gasteiger partial charge in [0.15, 0.2) is 0 Å². The van der Waals surface area contributed by atoms with Gasteiger partial charge in [0.1, 0.15) is 0 Å². The quantitative estimate of drug-likeness (QED) is 0.535. The molecule has 0 atom stereocenters. The molecule has 0 aliphatic heterocycles. The molecule has 0 aromatic heterocycles. The van der Waals surface area contributed by atoms with Crippen molar-refractivity contribution in [2.45, 2.75) is 26.7 Å². The summed E-state index contributed by atoms with van der Waals surface area (Å²) in [5.74, 6) is 0. The molecule has 0 radical (unpaired) electrons. The maximum atomic E-state index is 5.20. The molecule has 0 aromatic carbocycles. The summed E-state index contributed by atoms with van der Waals surface area (Å²) in [6, 6.07) is 0. The Hall–Kier alpha value is -1.08. The zero-order valence-electron chi connectivity index (χ0n) is 9.71. The molecule has 82 valence electrons. The van der Waals surface area contributed by atoms with Gasteiger partial charge >= 0.3 is 0 Å². The minimum atomic E-state index is 0.610. The second kappa shape index (κ2) is 29.7. The van der Waals surface area contributed by atoms with Crippen LogP contribution in [0.4, 0.5) is 0 Å². The van der Waals surface area contributed by atoms with Crippen molar-refractivity contribution < 1.29 is 0 Å². The van der Waals surface area contributed by atoms with Gasteiger partial charge in [-0.3, -0.25) is 0 Å². The third-order valence-electron chi connectivity index (χ3n) is 0.822. The van der Waals surface area contributed by atoms with Crippen molar-refractivity contribution in [3.8, 4) is 0 Å². The van der Waals surface area contributed by atoms with Gasteiger partial charge in [-0.05, 0) is 6.42 Å². The first-order valence-corrected chi connectivity index (χ1v) is 4.96. The predicted molar refractivity (Wildman–Crippen MR) is 69.4 cm³/mol. The summed E-state index contributed by atoms with van der Waals surface area (Å²) in [7, 11) is 0. The van der Waals surface area contributed by atoms with Crippen LogP contribution in [0.25, 0.3) is 0 Å². The lowest BCUT2D eigenvalue weighted by Crippen LogP contribution is -1.91. The van der Waals surface area contributed by atoms with Crippen molar-refractivity contribution in [1.82, 2.24) is 0 Å². The lowest BCUT2D eigenvalue weighted by Gasteiger charge is -1.76. The molecule has 0 rings (SSSR count). The highest BCUT2D eigenvalue weighted by molar-refractivity contribution is 5.04. The largest absolute Gasteiger partial charge is 0.327 e. The molecule has 0 heterocycles. The summed E-state index contributed by atoms with van der Waals surface area (Å²) in [5.41, 5.74) is 5.20. The van der Waals surface area contributed by atoms with Gasteiger partial charge in [0.25, 0.3) is 0 Å². The van der Waals surface area contributed by atoms with Crippen LogP contribution in [0.1, 0.15) is 26.7 Å². The van der Waals surface area contributed by atoms with Crippen LogP contribution in [0.15, 0.2) is 50.1 Å². The van der Waals surface area contributed by atoms with Crippen molar-refractivity contribution in [2.75, 3.05) is 6.54 Å². The highest BCUT2D eigenvalue weighted by Gasteiger charge is 1.64. The fraction of sp³-hybridized carbons (Fsp3) is 0.385. The number of hydrogen-bond acceptors (Lipinski definition) is 1. The van der Waals surface area contributed by atoms with E-state index in [1.165, 1.54) is 6.42 Å². The summed E-state index contributed by atoms with van der Waals surface area (Å²) in [6.07, 6.45) is 11.9. The second-order valence-corrected chi connectivity index (χ2v) is 2.32. The molecule has 0 unspecified atom stereocenters. The molecule has 0 saturated carbocycles. The molecule has 0 spiro atoms. The number of hydrogen-bond donors (Lipinski definition) is 1. The summed E-state index contributed by atoms with van der Waals surface area (Å²) in [5, 5.41) is 0. The van der Waals surface area contributed by atoms with Gasteiger partial charge in [-0.25, -0.2) is 0 Å². The number of rotatable bonds is 4. The van der Waals surface area contributed by atoms with E-state index in [-0.39, 0.29) is 0 Å². The standard InChI is InChI=1S/C8H13N.C3H8.C2H4/c1-2-3-4-5-6-7-8-9;1-3-2;1-2/h2,4-7H,1,3,8-9H2;3H2,1-2H3;1-2H2/b5-4-,7-6-;;. The van der Waals surface area contributed by atoms with E-state index in [9.17, 15) is 0 Å². The van der Waals surface area contributed by atoms with Gasteiger partial charge in [-0.1, -0.05) is 50.6 Å². The van der Waals surface area contributed by atoms with Crippen LogP contribution < -0.4 is 5.73 Å². The van der Waals surface area contributed by atoms with E-state index >= 15 is 0 Å². The van der Waals surface area contributed by atoms with Crippen LogP contribution >= 0.6 is 0 Å². The van der Waals surface area contributed by atoms with Gasteiger partial charge < -0.3 is 5.73 Å². The summed E-state index contributed by atoms with van der Waals surface area (Å²) in [4.78, 5) is 0. The molecule has 0 bridgehead atoms. The summed E-state index contributed by atoms with van der Waals surface area (Å²) >= 11 is 0. The maximum Gasteiger partial charge on any atom is 0.0109 e. The molecule has 0 aliphatic rings. The molecule has 0 aromatic rings. The third kappa shape index (κ3) is 44.4. The topological polar surface area (TPSA) is 26.0 Å². The normalized spacial score (nSPS) is 8.79. The lowest BCUT2D eigenvalue weighted by atomic mass is 10.3. The molecule has 1 nitrogen and oxygen atoms in total. The molecule has 0 amide bonds. The van der Waals surface area contributed by atoms with Crippen LogP contribution in [0.3, 0.4) is 0 Å². The van der Waals surface area contributed by atoms with Gasteiger partial charge in [-0.15, -0.1) is 19.7 Å². The zero-order chi connectivity index (χ0) is 11.7. The van der Waals surface area contributed by atoms with Crippen LogP contribution in [0.2, 0.25) is 0 Å². The Kier molecular flexibility index (Phi) is 39.6. The van der Waals surface area contributed by atoms with E-state index < -0.39 is 0 Å². The van der Waals surface area contributed by atoms with Gasteiger partial charge in [0.05, 0.1) is 0 Å². The molecule has 0 fully saturated rings. The molecule has 0 aliphatic carbocycles. The molecule has 1 heteroatoms. The molecular formula is C13H25N. The number of allylic oxidation sites excluding steroid dienone is 4. The number of nitrogens with two attached hydrogens (primary N) is 1. The van der Waals surface area contributed by atoms with Gasteiger partial charge in [0, 0.05) is 6.54 Å². The van der Waals surface area contributed by atoms with Crippen molar-refractivity contribution in [3.05, 3.63) is 50.1 Å². The van der Waals surface area contributed by atoms with Crippen LogP contribution in [-0.2, 0) is 0 Å². The maximum absolute atomic E-state index is 5.20. The SMILES string of the molecule is C=C.C=CC/C=C\C=C/CN.CCC. The Morgan fingerprint density at radius 2 is 1.50 bits per heavy atom. The van der Waals surface area contributed by atoms with Crippen molar-refractivity contribution in [1.29, 1.82) is 0 Å². The van der Waals surface area contributed by atoms with E-state index in [1.807, 2.05) is 30.4 Å².